The molecule has 10 aliphatic rings. The number of rotatable bonds is 15. The maximum absolute atomic E-state index is 12.7. The molecule has 0 radical (unpaired) electrons. The summed E-state index contributed by atoms with van der Waals surface area (Å²) in [4.78, 5) is 67.6. The first-order valence-corrected chi connectivity index (χ1v) is 51.2. The molecule has 0 bridgehead atoms. The van der Waals surface area contributed by atoms with E-state index >= 15 is 0 Å². The van der Waals surface area contributed by atoms with Gasteiger partial charge in [-0.15, -0.1) is 0 Å². The lowest BCUT2D eigenvalue weighted by Gasteiger charge is -2.36. The molecule has 740 valence electrons. The van der Waals surface area contributed by atoms with Crippen LogP contribution in [0.5, 0.6) is 0 Å². The summed E-state index contributed by atoms with van der Waals surface area (Å²) in [5.41, 5.74) is 30.6. The minimum atomic E-state index is 0.0763. The summed E-state index contributed by atoms with van der Waals surface area (Å²) in [6.07, 6.45) is 32.2. The van der Waals surface area contributed by atoms with Crippen molar-refractivity contribution in [2.45, 2.75) is 227 Å². The summed E-state index contributed by atoms with van der Waals surface area (Å²) in [6.45, 7) is 28.3. The van der Waals surface area contributed by atoms with Crippen LogP contribution in [0.1, 0.15) is 214 Å². The van der Waals surface area contributed by atoms with E-state index in [0.29, 0.717) is 87.8 Å². The summed E-state index contributed by atoms with van der Waals surface area (Å²) in [7, 11) is 7.71. The van der Waals surface area contributed by atoms with Crippen molar-refractivity contribution in [1.82, 2.24) is 112 Å². The predicted octanol–water partition coefficient (Wildman–Crippen LogP) is 14.6. The third-order valence-corrected chi connectivity index (χ3v) is 30.9. The number of nitriles is 1. The Balaban J connectivity index is 0.000000112. The summed E-state index contributed by atoms with van der Waals surface area (Å²) < 4.78 is 43.2. The van der Waals surface area contributed by atoms with Crippen LogP contribution in [0.25, 0.3) is 78.3 Å². The molecule has 14 aromatic rings. The zero-order chi connectivity index (χ0) is 97.8. The molecule has 10 aliphatic heterocycles. The summed E-state index contributed by atoms with van der Waals surface area (Å²) in [6, 6.07) is 27.9. The van der Waals surface area contributed by atoms with Gasteiger partial charge in [-0.2, -0.15) is 46.1 Å². The monoisotopic (exact) mass is 1920 g/mol. The van der Waals surface area contributed by atoms with Crippen LogP contribution < -0.4 is 9.80 Å². The van der Waals surface area contributed by atoms with Crippen molar-refractivity contribution >= 4 is 56.8 Å². The molecule has 0 saturated carbocycles. The van der Waals surface area contributed by atoms with Crippen molar-refractivity contribution in [1.29, 1.82) is 5.26 Å². The van der Waals surface area contributed by atoms with Crippen LogP contribution in [0.15, 0.2) is 123 Å². The zero-order valence-electron chi connectivity index (χ0n) is 83.8. The molecule has 4 amide bonds. The molecule has 142 heavy (non-hydrogen) atoms. The van der Waals surface area contributed by atoms with Crippen LogP contribution in [-0.4, -0.2) is 227 Å². The van der Waals surface area contributed by atoms with Gasteiger partial charge in [-0.25, -0.2) is 0 Å². The van der Waals surface area contributed by atoms with Gasteiger partial charge in [0, 0.05) is 318 Å². The number of ether oxygens (including phenoxy) is 4. The molecule has 0 spiro atoms. The van der Waals surface area contributed by atoms with Crippen molar-refractivity contribution in [3.05, 3.63) is 207 Å². The first kappa shape index (κ1) is 94.6. The lowest BCUT2D eigenvalue weighted by atomic mass is 9.87. The third-order valence-electron chi connectivity index (χ3n) is 30.9. The molecule has 4 saturated heterocycles. The van der Waals surface area contributed by atoms with Gasteiger partial charge in [-0.05, 0) is 138 Å². The normalized spacial score (nSPS) is 18.0. The smallest absolute Gasteiger partial charge is 0.222 e. The van der Waals surface area contributed by atoms with Gasteiger partial charge in [0.25, 0.3) is 0 Å². The van der Waals surface area contributed by atoms with E-state index in [-0.39, 0.29) is 23.6 Å². The predicted molar refractivity (Wildman–Crippen MR) is 540 cm³/mol. The van der Waals surface area contributed by atoms with E-state index in [2.05, 4.69) is 158 Å². The molecule has 0 N–H and O–H groups in total. The highest BCUT2D eigenvalue weighted by Gasteiger charge is 2.40. The fourth-order valence-corrected chi connectivity index (χ4v) is 23.4. The van der Waals surface area contributed by atoms with E-state index < -0.39 is 0 Å². The summed E-state index contributed by atoms with van der Waals surface area (Å²) in [5.74, 6) is 2.49. The molecule has 0 aliphatic carbocycles. The van der Waals surface area contributed by atoms with Crippen molar-refractivity contribution in [2.24, 2.45) is 28.2 Å². The van der Waals surface area contributed by atoms with Crippen molar-refractivity contribution in [3.63, 3.8) is 0 Å². The molecular formula is C108H130N26O8. The number of benzene rings is 3. The van der Waals surface area contributed by atoms with E-state index in [0.717, 1.165) is 277 Å². The van der Waals surface area contributed by atoms with Crippen molar-refractivity contribution < 1.29 is 38.1 Å². The van der Waals surface area contributed by atoms with Gasteiger partial charge in [-0.3, -0.25) is 70.8 Å². The van der Waals surface area contributed by atoms with Gasteiger partial charge in [0.05, 0.1) is 119 Å². The lowest BCUT2D eigenvalue weighted by Crippen LogP contribution is -2.38. The Hall–Kier alpha value is -13.6. The van der Waals surface area contributed by atoms with Crippen LogP contribution in [0, 0.1) is 25.2 Å². The number of hydrogen-bond donors (Lipinski definition) is 0. The Kier molecular flexibility index (Phi) is 26.9. The Morgan fingerprint density at radius 3 is 1.31 bits per heavy atom. The van der Waals surface area contributed by atoms with Crippen LogP contribution in [0.3, 0.4) is 0 Å². The summed E-state index contributed by atoms with van der Waals surface area (Å²) >= 11 is 0. The largest absolute Gasteiger partial charge is 0.381 e. The fourth-order valence-electron chi connectivity index (χ4n) is 23.4. The zero-order valence-corrected chi connectivity index (χ0v) is 83.8. The molecule has 34 nitrogen and oxygen atoms in total. The van der Waals surface area contributed by atoms with E-state index in [9.17, 15) is 24.4 Å². The minimum Gasteiger partial charge on any atom is -0.381 e. The Morgan fingerprint density at radius 2 is 0.845 bits per heavy atom. The molecule has 34 heteroatoms. The second-order valence-corrected chi connectivity index (χ2v) is 39.9. The standard InChI is InChI=1S/C28H36N6O2.C27H29N7O2.C27H34N6O2.C26H31N7O2/c1-4-27(35)32-11-8-26-25(18-32)28(30-34(26)21-9-12-36-13-10-21)23-7-5-6-20-16-33(19(2)14-24(20)23)22-15-29-31(3)17-22;1-17-10-19-11-23(21-14-29-31(3)15-21)20(13-28)12-26(19)33(17)27-24-16-32(18(2)35)7-4-25(24)34(30-27)22-5-8-36-9-6-22;1-3-26(34)32-12-8-25-24(18-32)27(29-33(25)20-9-13-35-14-10-20)23-6-4-5-19-16-31(11-7-22(19)23)21-15-28-30(2)17-21;1-4-25(34)31-8-5-23-21(16-31)26(29-33(23)20-6-9-35-10-7-20)32-17(2)11-18-12-22(27-14-24(18)32)19-13-28-30(3)15-19/h5-7,15,17,19,21H,4,8-14,16,18H2,1-3H3;10-12,14-15,22H,4-9,16H2,1-3H3;4-6,15,17,20H,3,7-14,16,18H2,1-2H3;11-15,20H,4-10,16H2,1-3H3. The molecule has 4 fully saturated rings. The second-order valence-electron chi connectivity index (χ2n) is 39.9. The molecule has 24 rings (SSSR count). The Morgan fingerprint density at radius 1 is 0.423 bits per heavy atom. The lowest BCUT2D eigenvalue weighted by molar-refractivity contribution is -0.132. The maximum Gasteiger partial charge on any atom is 0.222 e. The number of amides is 4. The number of aromatic nitrogens is 19. The number of pyridine rings is 1. The van der Waals surface area contributed by atoms with Crippen LogP contribution >= 0.6 is 0 Å². The van der Waals surface area contributed by atoms with E-state index in [4.69, 9.17) is 44.3 Å². The van der Waals surface area contributed by atoms with Crippen LogP contribution in [-0.2, 0) is 144 Å². The average Bonchev–Trinajstić information content (AvgIpc) is 1.62. The highest BCUT2D eigenvalue weighted by Crippen LogP contribution is 2.45. The van der Waals surface area contributed by atoms with Gasteiger partial charge < -0.3 is 48.3 Å². The number of carbonyl (C=O) groups is 4. The quantitative estimate of drug-likeness (QED) is 0.0920. The highest BCUT2D eigenvalue weighted by atomic mass is 16.5. The number of hydrogen-bond acceptors (Lipinski definition) is 20. The van der Waals surface area contributed by atoms with E-state index in [1.807, 2.05) is 121 Å². The third kappa shape index (κ3) is 18.4. The van der Waals surface area contributed by atoms with Gasteiger partial charge in [0.1, 0.15) is 0 Å². The second kappa shape index (κ2) is 40.4. The topological polar surface area (TPSA) is 314 Å². The fraction of sp³-hybridized carbons (Fsp3) is 0.481. The molecule has 11 aromatic heterocycles. The molecule has 21 heterocycles. The maximum atomic E-state index is 12.7. The molecule has 3 aromatic carbocycles. The van der Waals surface area contributed by atoms with Gasteiger partial charge >= 0.3 is 0 Å². The first-order chi connectivity index (χ1) is 69.1. The SMILES string of the molecule is CC(=O)N1CCc2c(c(-n3c(C)cc4cc(-c5cnn(C)c5)c(C#N)cc43)nn2C2CCOCC2)C1.CCC(=O)N1CCc2c(c(-c3cccc4c3CC(C)N(c3cnn(C)c3)C4)nn2C2CCOCC2)C1.CCC(=O)N1CCc2c(c(-c3cccc4c3CCN(c3cnn(C)c3)C4)nn2C2CCOCC2)C1.CCC(=O)N1CCc2c(c(-n3c(C)cc4cc(-c5cnn(C)c5)ncc43)nn2C2CCOCC2)C1. The minimum absolute atomic E-state index is 0.0763. The van der Waals surface area contributed by atoms with Gasteiger partial charge in [0.15, 0.2) is 11.6 Å². The molecule has 1 unspecified atom stereocenters. The van der Waals surface area contributed by atoms with Crippen LogP contribution in [0.2, 0.25) is 0 Å². The van der Waals surface area contributed by atoms with Gasteiger partial charge in [-0.1, -0.05) is 57.2 Å². The number of nitrogens with zero attached hydrogens (tertiary/aromatic N) is 26. The molecule has 1 atom stereocenters. The number of carbonyl (C=O) groups excluding carboxylic acids is 4. The average molecular weight is 1920 g/mol. The van der Waals surface area contributed by atoms with E-state index in [1.54, 1.807) is 22.5 Å². The number of fused-ring (bicyclic) bond motifs is 8. The van der Waals surface area contributed by atoms with E-state index in [1.165, 1.54) is 73.0 Å². The van der Waals surface area contributed by atoms with Crippen molar-refractivity contribution in [3.8, 4) is 62.6 Å². The van der Waals surface area contributed by atoms with Crippen LogP contribution in [0.4, 0.5) is 11.4 Å². The highest BCUT2D eigenvalue weighted by molar-refractivity contribution is 5.92. The summed E-state index contributed by atoms with van der Waals surface area (Å²) in [5, 5.41) is 50.5. The Bertz CT molecular complexity index is 7110. The molecular weight excluding hydrogens is 1790 g/mol. The Labute approximate surface area is 827 Å². The van der Waals surface area contributed by atoms with Crippen molar-refractivity contribution in [2.75, 3.05) is 95.4 Å². The van der Waals surface area contributed by atoms with Gasteiger partial charge in [0.2, 0.25) is 23.6 Å². The number of anilines is 2. The number of aryl methyl sites for hydroxylation is 6. The first-order valence-electron chi connectivity index (χ1n) is 51.2.